The van der Waals surface area contributed by atoms with Crippen molar-refractivity contribution >= 4 is 11.8 Å². The third-order valence-electron chi connectivity index (χ3n) is 2.89. The van der Waals surface area contributed by atoms with Crippen LogP contribution in [0.15, 0.2) is 22.1 Å². The summed E-state index contributed by atoms with van der Waals surface area (Å²) in [4.78, 5) is 1.59. The molecule has 2 aliphatic rings. The van der Waals surface area contributed by atoms with Gasteiger partial charge in [-0.05, 0) is 43.9 Å². The highest BCUT2D eigenvalue weighted by atomic mass is 32.2. The Labute approximate surface area is 107 Å². The molecule has 0 amide bonds. The molecule has 0 aromatic rings. The normalized spacial score (nSPS) is 23.1. The first-order chi connectivity index (χ1) is 7.77. The van der Waals surface area contributed by atoms with Crippen molar-refractivity contribution in [1.29, 1.82) is 0 Å². The van der Waals surface area contributed by atoms with Crippen molar-refractivity contribution in [2.75, 3.05) is 5.75 Å². The Morgan fingerprint density at radius 3 is 2.38 bits per heavy atom. The summed E-state index contributed by atoms with van der Waals surface area (Å²) in [5.41, 5.74) is 3.30. The number of hydrogen-bond acceptors (Lipinski definition) is 1. The molecular weight excluding hydrogens is 212 g/mol. The van der Waals surface area contributed by atoms with E-state index in [9.17, 15) is 0 Å². The Kier molecular flexibility index (Phi) is 8.83. The highest BCUT2D eigenvalue weighted by Crippen LogP contribution is 2.40. The van der Waals surface area contributed by atoms with Crippen LogP contribution in [0, 0.1) is 5.92 Å². The quantitative estimate of drug-likeness (QED) is 0.515. The number of allylic oxidation sites excluding steroid dienone is 3. The Morgan fingerprint density at radius 2 is 1.75 bits per heavy atom. The lowest BCUT2D eigenvalue weighted by Gasteiger charge is -2.27. The van der Waals surface area contributed by atoms with Crippen LogP contribution < -0.4 is 0 Å². The summed E-state index contributed by atoms with van der Waals surface area (Å²) in [6.07, 6.45) is 6.41. The van der Waals surface area contributed by atoms with Crippen LogP contribution in [0.3, 0.4) is 0 Å². The number of hydrogen-bond donors (Lipinski definition) is 0. The van der Waals surface area contributed by atoms with Gasteiger partial charge in [-0.1, -0.05) is 45.8 Å². The Bertz CT molecular complexity index is 248. The van der Waals surface area contributed by atoms with Gasteiger partial charge in [0.25, 0.3) is 0 Å². The van der Waals surface area contributed by atoms with Crippen molar-refractivity contribution in [3.8, 4) is 0 Å². The molecule has 1 aliphatic heterocycles. The van der Waals surface area contributed by atoms with E-state index in [1.54, 1.807) is 16.1 Å². The summed E-state index contributed by atoms with van der Waals surface area (Å²) in [7, 11) is 0. The van der Waals surface area contributed by atoms with Crippen LogP contribution in [0.4, 0.5) is 0 Å². The van der Waals surface area contributed by atoms with Gasteiger partial charge in [-0.3, -0.25) is 0 Å². The highest BCUT2D eigenvalue weighted by Gasteiger charge is 2.21. The maximum atomic E-state index is 2.40. The third kappa shape index (κ3) is 4.37. The van der Waals surface area contributed by atoms with Crippen LogP contribution in [0.1, 0.15) is 60.8 Å². The average Bonchev–Trinajstić information content (AvgIpc) is 2.34. The van der Waals surface area contributed by atoms with E-state index in [0.29, 0.717) is 0 Å². The Hall–Kier alpha value is -0.170. The summed E-state index contributed by atoms with van der Waals surface area (Å²) >= 11 is 2.06. The number of thioether (sulfide) groups is 1. The zero-order chi connectivity index (χ0) is 12.6. The molecule has 1 unspecified atom stereocenters. The van der Waals surface area contributed by atoms with E-state index in [-0.39, 0.29) is 0 Å². The molecular formula is C15H28S. The standard InChI is InChI=1S/C11H16S.2C2H6/c1-8-3-4-10-9(2)5-6-12-11(10)7-8;2*1-2/h7,9H,3-6H2,1-2H3;2*1-2H3. The minimum Gasteiger partial charge on any atom is -0.126 e. The second-order valence-electron chi connectivity index (χ2n) is 3.92. The van der Waals surface area contributed by atoms with Gasteiger partial charge in [0.2, 0.25) is 0 Å². The molecule has 0 spiro atoms. The van der Waals surface area contributed by atoms with Gasteiger partial charge in [0.15, 0.2) is 0 Å². The van der Waals surface area contributed by atoms with E-state index in [0.717, 1.165) is 5.92 Å². The monoisotopic (exact) mass is 240 g/mol. The van der Waals surface area contributed by atoms with E-state index in [4.69, 9.17) is 0 Å². The summed E-state index contributed by atoms with van der Waals surface area (Å²) in [6.45, 7) is 12.6. The van der Waals surface area contributed by atoms with Gasteiger partial charge < -0.3 is 0 Å². The molecule has 0 fully saturated rings. The Morgan fingerprint density at radius 1 is 1.12 bits per heavy atom. The fourth-order valence-electron chi connectivity index (χ4n) is 1.99. The maximum absolute atomic E-state index is 2.40. The topological polar surface area (TPSA) is 0 Å². The minimum atomic E-state index is 0.852. The molecule has 0 bridgehead atoms. The first-order valence-corrected chi connectivity index (χ1v) is 7.79. The van der Waals surface area contributed by atoms with Gasteiger partial charge in [-0.2, -0.15) is 0 Å². The zero-order valence-corrected chi connectivity index (χ0v) is 12.7. The van der Waals surface area contributed by atoms with Crippen molar-refractivity contribution < 1.29 is 0 Å². The molecule has 16 heavy (non-hydrogen) atoms. The van der Waals surface area contributed by atoms with Gasteiger partial charge in [0.1, 0.15) is 0 Å². The lowest BCUT2D eigenvalue weighted by molar-refractivity contribution is 0.613. The van der Waals surface area contributed by atoms with Crippen molar-refractivity contribution in [2.45, 2.75) is 60.8 Å². The van der Waals surface area contributed by atoms with Gasteiger partial charge in [0.05, 0.1) is 0 Å². The van der Waals surface area contributed by atoms with Crippen LogP contribution >= 0.6 is 11.8 Å². The fourth-order valence-corrected chi connectivity index (χ4v) is 3.45. The zero-order valence-electron chi connectivity index (χ0n) is 11.9. The summed E-state index contributed by atoms with van der Waals surface area (Å²) in [5, 5.41) is 0. The first-order valence-electron chi connectivity index (χ1n) is 6.80. The third-order valence-corrected chi connectivity index (χ3v) is 4.02. The van der Waals surface area contributed by atoms with Gasteiger partial charge in [-0.25, -0.2) is 0 Å². The molecule has 1 aliphatic carbocycles. The highest BCUT2D eigenvalue weighted by molar-refractivity contribution is 8.03. The fraction of sp³-hybridized carbons (Fsp3) is 0.733. The smallest absolute Gasteiger partial charge is 0.00662 e. The second-order valence-corrected chi connectivity index (χ2v) is 5.06. The van der Waals surface area contributed by atoms with E-state index >= 15 is 0 Å². The lowest BCUT2D eigenvalue weighted by Crippen LogP contribution is -2.11. The van der Waals surface area contributed by atoms with Crippen molar-refractivity contribution in [3.05, 3.63) is 22.1 Å². The van der Waals surface area contributed by atoms with Crippen LogP contribution in [0.25, 0.3) is 0 Å². The Balaban J connectivity index is 0.000000509. The molecule has 1 heterocycles. The lowest BCUT2D eigenvalue weighted by atomic mass is 9.89. The van der Waals surface area contributed by atoms with Crippen molar-refractivity contribution in [3.63, 3.8) is 0 Å². The molecule has 0 aromatic heterocycles. The average molecular weight is 240 g/mol. The molecule has 0 N–H and O–H groups in total. The van der Waals surface area contributed by atoms with Crippen LogP contribution in [-0.4, -0.2) is 5.75 Å². The van der Waals surface area contributed by atoms with Crippen molar-refractivity contribution in [2.24, 2.45) is 5.92 Å². The molecule has 1 atom stereocenters. The molecule has 0 aromatic carbocycles. The second kappa shape index (κ2) is 8.92. The molecule has 0 saturated heterocycles. The molecule has 0 nitrogen and oxygen atoms in total. The van der Waals surface area contributed by atoms with E-state index < -0.39 is 0 Å². The van der Waals surface area contributed by atoms with E-state index in [1.807, 2.05) is 27.7 Å². The molecule has 94 valence electrons. The van der Waals surface area contributed by atoms with Crippen molar-refractivity contribution in [1.82, 2.24) is 0 Å². The van der Waals surface area contributed by atoms with Gasteiger partial charge in [-0.15, -0.1) is 11.8 Å². The van der Waals surface area contributed by atoms with Gasteiger partial charge >= 0.3 is 0 Å². The summed E-state index contributed by atoms with van der Waals surface area (Å²) < 4.78 is 0. The van der Waals surface area contributed by atoms with E-state index in [2.05, 4.69) is 31.7 Å². The molecule has 0 radical (unpaired) electrons. The largest absolute Gasteiger partial charge is 0.126 e. The molecule has 1 heteroatoms. The SMILES string of the molecule is CC.CC.CC1=CC2=C(CC1)C(C)CCS2. The summed E-state index contributed by atoms with van der Waals surface area (Å²) in [5.74, 6) is 2.18. The number of rotatable bonds is 0. The van der Waals surface area contributed by atoms with E-state index in [1.165, 1.54) is 25.0 Å². The minimum absolute atomic E-state index is 0.852. The summed E-state index contributed by atoms with van der Waals surface area (Å²) in [6, 6.07) is 0. The molecule has 0 saturated carbocycles. The first kappa shape index (κ1) is 15.8. The maximum Gasteiger partial charge on any atom is 0.00662 e. The van der Waals surface area contributed by atoms with Crippen LogP contribution in [0.5, 0.6) is 0 Å². The van der Waals surface area contributed by atoms with Crippen LogP contribution in [-0.2, 0) is 0 Å². The van der Waals surface area contributed by atoms with Crippen LogP contribution in [0.2, 0.25) is 0 Å². The molecule has 2 rings (SSSR count). The predicted octanol–water partition coefficient (Wildman–Crippen LogP) is 5.81. The van der Waals surface area contributed by atoms with Gasteiger partial charge in [0, 0.05) is 4.91 Å². The predicted molar refractivity (Wildman–Crippen MR) is 79.0 cm³/mol.